The molecule has 8 heteroatoms. The predicted octanol–water partition coefficient (Wildman–Crippen LogP) is 0.787. The Morgan fingerprint density at radius 1 is 1.40 bits per heavy atom. The Labute approximate surface area is 122 Å². The van der Waals surface area contributed by atoms with E-state index in [1.165, 1.54) is 0 Å². The van der Waals surface area contributed by atoms with E-state index in [1.54, 1.807) is 13.8 Å². The van der Waals surface area contributed by atoms with Crippen molar-refractivity contribution in [3.63, 3.8) is 0 Å². The number of amides is 2. The highest BCUT2D eigenvalue weighted by Crippen LogP contribution is 2.25. The zero-order chi connectivity index (χ0) is 15.3. The molecule has 0 saturated heterocycles. The number of anilines is 2. The molecule has 0 spiro atoms. The van der Waals surface area contributed by atoms with Crippen LogP contribution in [0, 0.1) is 5.92 Å². The van der Waals surface area contributed by atoms with Crippen molar-refractivity contribution >= 4 is 34.1 Å². The van der Waals surface area contributed by atoms with Gasteiger partial charge in [-0.15, -0.1) is 0 Å². The molecule has 1 rings (SSSR count). The first-order valence-corrected chi connectivity index (χ1v) is 7.28. The molecule has 7 nitrogen and oxygen atoms in total. The average molecular weight is 299 g/mol. The molecule has 2 amide bonds. The van der Waals surface area contributed by atoms with Crippen LogP contribution in [0.5, 0.6) is 0 Å². The van der Waals surface area contributed by atoms with Crippen molar-refractivity contribution < 1.29 is 9.59 Å². The highest BCUT2D eigenvalue weighted by molar-refractivity contribution is 7.18. The molecular weight excluding hydrogens is 278 g/mol. The Morgan fingerprint density at radius 3 is 2.55 bits per heavy atom. The van der Waals surface area contributed by atoms with Gasteiger partial charge in [0.1, 0.15) is 16.7 Å². The molecule has 1 aromatic heterocycles. The minimum Gasteiger partial charge on any atom is -0.382 e. The van der Waals surface area contributed by atoms with Crippen molar-refractivity contribution in [3.05, 3.63) is 4.88 Å². The molecule has 1 aromatic rings. The third-order valence-corrected chi connectivity index (χ3v) is 3.67. The summed E-state index contributed by atoms with van der Waals surface area (Å²) in [6, 6.07) is -0.726. The van der Waals surface area contributed by atoms with Crippen molar-refractivity contribution in [1.29, 1.82) is 0 Å². The van der Waals surface area contributed by atoms with E-state index in [4.69, 9.17) is 11.5 Å². The van der Waals surface area contributed by atoms with Gasteiger partial charge in [-0.3, -0.25) is 9.59 Å². The number of nitrogen functional groups attached to an aromatic ring is 1. The van der Waals surface area contributed by atoms with Crippen LogP contribution in [0.3, 0.4) is 0 Å². The lowest BCUT2D eigenvalue weighted by atomic mass is 10.0. The Bertz CT molecular complexity index is 486. The van der Waals surface area contributed by atoms with Crippen LogP contribution in [-0.4, -0.2) is 29.4 Å². The number of nitrogens with two attached hydrogens (primary N) is 2. The second-order valence-electron chi connectivity index (χ2n) is 4.76. The molecule has 0 radical (unpaired) electrons. The van der Waals surface area contributed by atoms with Crippen LogP contribution in [0.1, 0.15) is 36.9 Å². The minimum absolute atomic E-state index is 0.0942. The van der Waals surface area contributed by atoms with Gasteiger partial charge >= 0.3 is 0 Å². The molecule has 0 fully saturated rings. The summed E-state index contributed by atoms with van der Waals surface area (Å²) in [4.78, 5) is 27.8. The zero-order valence-corrected chi connectivity index (χ0v) is 12.7. The van der Waals surface area contributed by atoms with Crippen LogP contribution in [0.2, 0.25) is 0 Å². The SMILES string of the molecule is CCCNc1nc(N)c(C(=O)NC(C(N)=O)C(C)C)s1. The van der Waals surface area contributed by atoms with Gasteiger partial charge < -0.3 is 22.1 Å². The standard InChI is InChI=1S/C12H21N5O2S/c1-4-5-15-12-17-9(13)8(20-12)11(19)16-7(6(2)3)10(14)18/h6-7H,4-5,13H2,1-3H3,(H2,14,18)(H,15,17)(H,16,19). The van der Waals surface area contributed by atoms with Gasteiger partial charge in [0.2, 0.25) is 5.91 Å². The predicted molar refractivity (Wildman–Crippen MR) is 80.6 cm³/mol. The highest BCUT2D eigenvalue weighted by atomic mass is 32.1. The van der Waals surface area contributed by atoms with E-state index in [0.29, 0.717) is 5.13 Å². The fraction of sp³-hybridized carbons (Fsp3) is 0.583. The topological polar surface area (TPSA) is 123 Å². The average Bonchev–Trinajstić information content (AvgIpc) is 2.73. The Kier molecular flexibility index (Phi) is 5.75. The van der Waals surface area contributed by atoms with E-state index in [9.17, 15) is 9.59 Å². The summed E-state index contributed by atoms with van der Waals surface area (Å²) in [5.74, 6) is -0.941. The summed E-state index contributed by atoms with van der Waals surface area (Å²) >= 11 is 1.16. The first-order valence-electron chi connectivity index (χ1n) is 6.47. The van der Waals surface area contributed by atoms with E-state index < -0.39 is 17.9 Å². The summed E-state index contributed by atoms with van der Waals surface area (Å²) in [5.41, 5.74) is 11.0. The third kappa shape index (κ3) is 4.09. The summed E-state index contributed by atoms with van der Waals surface area (Å²) in [7, 11) is 0. The normalized spacial score (nSPS) is 12.2. The smallest absolute Gasteiger partial charge is 0.265 e. The number of carbonyl (C=O) groups excluding carboxylic acids is 2. The van der Waals surface area contributed by atoms with Gasteiger partial charge in [0.25, 0.3) is 5.91 Å². The maximum atomic E-state index is 12.1. The van der Waals surface area contributed by atoms with Crippen LogP contribution >= 0.6 is 11.3 Å². The molecule has 1 unspecified atom stereocenters. The number of aromatic nitrogens is 1. The third-order valence-electron chi connectivity index (χ3n) is 2.65. The molecule has 1 heterocycles. The lowest BCUT2D eigenvalue weighted by Crippen LogP contribution is -2.47. The van der Waals surface area contributed by atoms with Crippen molar-refractivity contribution in [2.45, 2.75) is 33.2 Å². The van der Waals surface area contributed by atoms with Gasteiger partial charge in [0.05, 0.1) is 0 Å². The lowest BCUT2D eigenvalue weighted by molar-refractivity contribution is -0.120. The number of nitrogens with one attached hydrogen (secondary N) is 2. The number of hydrogen-bond donors (Lipinski definition) is 4. The molecule has 0 aliphatic rings. The van der Waals surface area contributed by atoms with Gasteiger partial charge in [-0.1, -0.05) is 32.1 Å². The van der Waals surface area contributed by atoms with Crippen LogP contribution in [0.15, 0.2) is 0 Å². The molecule has 0 bridgehead atoms. The maximum absolute atomic E-state index is 12.1. The van der Waals surface area contributed by atoms with Crippen LogP contribution in [0.4, 0.5) is 10.9 Å². The van der Waals surface area contributed by atoms with Crippen LogP contribution in [0.25, 0.3) is 0 Å². The Morgan fingerprint density at radius 2 is 2.05 bits per heavy atom. The number of primary amides is 1. The highest BCUT2D eigenvalue weighted by Gasteiger charge is 2.24. The van der Waals surface area contributed by atoms with E-state index in [0.717, 1.165) is 24.3 Å². The van der Waals surface area contributed by atoms with Crippen LogP contribution in [-0.2, 0) is 4.79 Å². The first-order chi connectivity index (χ1) is 9.36. The lowest BCUT2D eigenvalue weighted by Gasteiger charge is -2.18. The van der Waals surface area contributed by atoms with Crippen LogP contribution < -0.4 is 22.1 Å². The van der Waals surface area contributed by atoms with E-state index in [2.05, 4.69) is 15.6 Å². The Balaban J connectivity index is 2.81. The van der Waals surface area contributed by atoms with Crippen molar-refractivity contribution in [3.8, 4) is 0 Å². The summed E-state index contributed by atoms with van der Waals surface area (Å²) in [6.07, 6.45) is 0.943. The molecule has 6 N–H and O–H groups in total. The summed E-state index contributed by atoms with van der Waals surface area (Å²) in [6.45, 7) is 6.39. The minimum atomic E-state index is -0.726. The fourth-order valence-electron chi connectivity index (χ4n) is 1.58. The Hall–Kier alpha value is -1.83. The summed E-state index contributed by atoms with van der Waals surface area (Å²) < 4.78 is 0. The summed E-state index contributed by atoms with van der Waals surface area (Å²) in [5, 5.41) is 6.25. The molecule has 112 valence electrons. The molecule has 0 aliphatic heterocycles. The second-order valence-corrected chi connectivity index (χ2v) is 5.76. The van der Waals surface area contributed by atoms with Gasteiger partial charge in [-0.05, 0) is 12.3 Å². The first kappa shape index (κ1) is 16.2. The molecular formula is C12H21N5O2S. The monoisotopic (exact) mass is 299 g/mol. The van der Waals surface area contributed by atoms with Crippen molar-refractivity contribution in [2.75, 3.05) is 17.6 Å². The number of carbonyl (C=O) groups is 2. The molecule has 1 atom stereocenters. The number of hydrogen-bond acceptors (Lipinski definition) is 6. The maximum Gasteiger partial charge on any atom is 0.265 e. The van der Waals surface area contributed by atoms with Gasteiger partial charge in [0.15, 0.2) is 5.13 Å². The number of rotatable bonds is 7. The zero-order valence-electron chi connectivity index (χ0n) is 11.9. The van der Waals surface area contributed by atoms with Crippen molar-refractivity contribution in [2.24, 2.45) is 11.7 Å². The van der Waals surface area contributed by atoms with Gasteiger partial charge in [-0.25, -0.2) is 4.98 Å². The molecule has 0 aromatic carbocycles. The van der Waals surface area contributed by atoms with E-state index >= 15 is 0 Å². The second kappa shape index (κ2) is 7.09. The van der Waals surface area contributed by atoms with E-state index in [-0.39, 0.29) is 16.6 Å². The van der Waals surface area contributed by atoms with Gasteiger partial charge in [0, 0.05) is 6.54 Å². The number of thiazole rings is 1. The van der Waals surface area contributed by atoms with E-state index in [1.807, 2.05) is 6.92 Å². The molecule has 0 aliphatic carbocycles. The quantitative estimate of drug-likeness (QED) is 0.592. The number of nitrogens with zero attached hydrogens (tertiary/aromatic N) is 1. The molecule has 0 saturated carbocycles. The fourth-order valence-corrected chi connectivity index (χ4v) is 2.39. The largest absolute Gasteiger partial charge is 0.382 e. The molecule has 20 heavy (non-hydrogen) atoms. The van der Waals surface area contributed by atoms with Gasteiger partial charge in [-0.2, -0.15) is 0 Å². The van der Waals surface area contributed by atoms with Crippen molar-refractivity contribution in [1.82, 2.24) is 10.3 Å².